The number of hydrogen-bond donors (Lipinski definition) is 0. The van der Waals surface area contributed by atoms with Crippen LogP contribution in [0.4, 0.5) is 25.2 Å². The van der Waals surface area contributed by atoms with Crippen LogP contribution < -0.4 is 0 Å². The maximum Gasteiger partial charge on any atom is 1.00 e. The number of hydrogen-bond acceptors (Lipinski definition) is 0. The van der Waals surface area contributed by atoms with Gasteiger partial charge in [-0.15, -0.1) is 0 Å². The van der Waals surface area contributed by atoms with Crippen LogP contribution in [0.3, 0.4) is 0 Å². The first-order valence-corrected chi connectivity index (χ1v) is 10.7. The maximum absolute atomic E-state index is 10.7. The number of aryl methyl sites for hydroxylation is 1. The van der Waals surface area contributed by atoms with E-state index in [4.69, 9.17) is 0 Å². The quantitative estimate of drug-likeness (QED) is 0.152. The van der Waals surface area contributed by atoms with Crippen LogP contribution in [0.1, 0.15) is 58.9 Å². The molecule has 0 nitrogen and oxygen atoms in total. The molecule has 0 saturated carbocycles. The summed E-state index contributed by atoms with van der Waals surface area (Å²) >= 11 is 2.36. The molecule has 0 bridgehead atoms. The van der Waals surface area contributed by atoms with Gasteiger partial charge in [-0.2, -0.15) is 0 Å². The van der Waals surface area contributed by atoms with Crippen molar-refractivity contribution >= 4 is 30.4 Å². The molecule has 138 valence electrons. The van der Waals surface area contributed by atoms with Crippen molar-refractivity contribution < 1.29 is 26.6 Å². The first-order valence-electron chi connectivity index (χ1n) is 7.59. The number of unbranched alkanes of at least 4 members (excludes halogenated alkanes) is 6. The van der Waals surface area contributed by atoms with Crippen molar-refractivity contribution in [1.82, 2.24) is 0 Å². The number of rotatable bonds is 8. The molecule has 8 heteroatoms. The van der Waals surface area contributed by atoms with Gasteiger partial charge in [0.25, 0.3) is 0 Å². The van der Waals surface area contributed by atoms with E-state index in [0.717, 1.165) is 0 Å². The molecule has 1 aromatic carbocycles. The molecule has 1 rings (SSSR count). The average molecular weight is 476 g/mol. The molecule has 0 N–H and O–H groups in total. The van der Waals surface area contributed by atoms with Crippen molar-refractivity contribution in [2.75, 3.05) is 0 Å². The predicted molar refractivity (Wildman–Crippen MR) is 95.5 cm³/mol. The molecule has 0 aliphatic rings. The van der Waals surface area contributed by atoms with Gasteiger partial charge < -0.3 is 0 Å². The summed E-state index contributed by atoms with van der Waals surface area (Å²) in [6, 6.07) is 8.94. The van der Waals surface area contributed by atoms with Gasteiger partial charge in [-0.05, 0) is 53.1 Å². The second-order valence-electron chi connectivity index (χ2n) is 5.46. The summed E-state index contributed by atoms with van der Waals surface area (Å²) in [5, 5.41) is 0. The second kappa shape index (κ2) is 8.88. The van der Waals surface area contributed by atoms with Crippen LogP contribution in [0.15, 0.2) is 24.3 Å². The van der Waals surface area contributed by atoms with E-state index in [1.807, 2.05) is 0 Å². The van der Waals surface area contributed by atoms with Crippen molar-refractivity contribution in [1.29, 1.82) is 0 Å². The van der Waals surface area contributed by atoms with Gasteiger partial charge in [-0.25, -0.2) is 0 Å². The molecule has 1 aromatic rings. The van der Waals surface area contributed by atoms with Gasteiger partial charge in [-0.3, -0.25) is 0 Å². The Bertz CT molecular complexity index is 435. The molecule has 23 heavy (non-hydrogen) atoms. The third-order valence-electron chi connectivity index (χ3n) is 2.98. The minimum Gasteiger partial charge on any atom is 1.00 e. The SMILES string of the molecule is CCCCCCCCCc1ccc(I)cc1.F[P-](F)(F)(F)(F)F.[H+]. The third-order valence-corrected chi connectivity index (χ3v) is 3.70. The smallest absolute Gasteiger partial charge is 1.00 e. The molecule has 0 aromatic heterocycles. The van der Waals surface area contributed by atoms with Crippen LogP contribution in [0.25, 0.3) is 0 Å². The van der Waals surface area contributed by atoms with Gasteiger partial charge in [0, 0.05) is 3.57 Å². The van der Waals surface area contributed by atoms with Crippen LogP contribution in [-0.2, 0) is 6.42 Å². The summed E-state index contributed by atoms with van der Waals surface area (Å²) in [4.78, 5) is 0. The molecule has 0 atom stereocenters. The summed E-state index contributed by atoms with van der Waals surface area (Å²) in [5.74, 6) is 0. The van der Waals surface area contributed by atoms with Gasteiger partial charge in [0.05, 0.1) is 0 Å². The minimum absolute atomic E-state index is 0. The molecular weight excluding hydrogens is 452 g/mol. The topological polar surface area (TPSA) is 0 Å². The maximum atomic E-state index is 9.87. The standard InChI is InChI=1S/C15H23I.F6P/c1-2-3-4-5-6-7-8-9-14-10-12-15(16)13-11-14;1-7(2,3,4,5)6/h10-13H,2-9H2,1H3;/q;-1/p+1. The Labute approximate surface area is 148 Å². The van der Waals surface area contributed by atoms with Gasteiger partial charge >= 0.3 is 34.4 Å². The van der Waals surface area contributed by atoms with Crippen molar-refractivity contribution in [3.8, 4) is 0 Å². The normalized spacial score (nSPS) is 14.4. The van der Waals surface area contributed by atoms with Crippen LogP contribution in [0.2, 0.25) is 0 Å². The Balaban J connectivity index is 0. The largest absolute Gasteiger partial charge is 1.00 e. The fourth-order valence-electron chi connectivity index (χ4n) is 1.94. The van der Waals surface area contributed by atoms with Crippen LogP contribution in [0, 0.1) is 3.57 Å². The Kier molecular flexibility index (Phi) is 8.87. The van der Waals surface area contributed by atoms with E-state index in [0.29, 0.717) is 0 Å². The summed E-state index contributed by atoms with van der Waals surface area (Å²) in [7, 11) is -10.7. The minimum atomic E-state index is -10.7. The van der Waals surface area contributed by atoms with Crippen molar-refractivity contribution in [3.63, 3.8) is 0 Å². The molecule has 0 saturated heterocycles. The van der Waals surface area contributed by atoms with Crippen LogP contribution in [-0.4, -0.2) is 0 Å². The fourth-order valence-corrected chi connectivity index (χ4v) is 2.30. The average Bonchev–Trinajstić information content (AvgIpc) is 2.36. The molecule has 0 aliphatic carbocycles. The van der Waals surface area contributed by atoms with Crippen LogP contribution >= 0.6 is 30.4 Å². The first kappa shape index (κ1) is 23.0. The Morgan fingerprint density at radius 3 is 1.61 bits per heavy atom. The van der Waals surface area contributed by atoms with E-state index >= 15 is 0 Å². The Morgan fingerprint density at radius 2 is 1.17 bits per heavy atom. The zero-order valence-electron chi connectivity index (χ0n) is 14.1. The molecule has 0 unspecified atom stereocenters. The van der Waals surface area contributed by atoms with E-state index in [2.05, 4.69) is 53.8 Å². The van der Waals surface area contributed by atoms with E-state index in [-0.39, 0.29) is 1.43 Å². The Hall–Kier alpha value is -0.0400. The summed E-state index contributed by atoms with van der Waals surface area (Å²) in [6.45, 7) is 2.27. The monoisotopic (exact) mass is 476 g/mol. The van der Waals surface area contributed by atoms with Crippen molar-refractivity contribution in [2.45, 2.75) is 58.3 Å². The second-order valence-corrected chi connectivity index (χ2v) is 8.62. The van der Waals surface area contributed by atoms with Gasteiger partial charge in [0.2, 0.25) is 0 Å². The number of halogens is 7. The predicted octanol–water partition coefficient (Wildman–Crippen LogP) is 9.08. The van der Waals surface area contributed by atoms with Crippen molar-refractivity contribution in [3.05, 3.63) is 33.4 Å². The summed E-state index contributed by atoms with van der Waals surface area (Å²) < 4.78 is 60.5. The zero-order chi connectivity index (χ0) is 18.0. The van der Waals surface area contributed by atoms with Crippen molar-refractivity contribution in [2.24, 2.45) is 0 Å². The molecule has 0 amide bonds. The van der Waals surface area contributed by atoms with Gasteiger partial charge in [0.1, 0.15) is 0 Å². The Morgan fingerprint density at radius 1 is 0.783 bits per heavy atom. The van der Waals surface area contributed by atoms with Crippen LogP contribution in [0.5, 0.6) is 0 Å². The summed E-state index contributed by atoms with van der Waals surface area (Å²) in [6.07, 6.45) is 11.1. The molecule has 0 aliphatic heterocycles. The van der Waals surface area contributed by atoms with Gasteiger partial charge in [-0.1, -0.05) is 57.6 Å². The van der Waals surface area contributed by atoms with E-state index < -0.39 is 7.81 Å². The summed E-state index contributed by atoms with van der Waals surface area (Å²) in [5.41, 5.74) is 1.49. The number of benzene rings is 1. The molecule has 0 fully saturated rings. The molecule has 0 radical (unpaired) electrons. The molecular formula is C15H24F6IP. The van der Waals surface area contributed by atoms with E-state index in [9.17, 15) is 25.2 Å². The van der Waals surface area contributed by atoms with Gasteiger partial charge in [0.15, 0.2) is 0 Å². The van der Waals surface area contributed by atoms with E-state index in [1.165, 1.54) is 60.5 Å². The zero-order valence-corrected chi connectivity index (χ0v) is 16.1. The molecule has 0 spiro atoms. The van der Waals surface area contributed by atoms with E-state index in [1.54, 1.807) is 0 Å². The first-order chi connectivity index (χ1) is 10.3. The fraction of sp³-hybridized carbons (Fsp3) is 0.600. The third kappa shape index (κ3) is 24.3. The molecule has 0 heterocycles.